The standard InChI is InChI=1S/C20H29N3O2/c1-21(20(24)25)19-7-2-4-15-8-9-17(14-18(15)19)23-12-10-22(11-13-23)16-5-3-6-16/h8-9,14,16,19H,2-7,10-13H2,1H3,(H,24,25). The fraction of sp³-hybridized carbons (Fsp3) is 0.650. The fourth-order valence-electron chi connectivity index (χ4n) is 4.59. The number of carbonyl (C=O) groups is 1. The molecule has 0 aromatic heterocycles. The van der Waals surface area contributed by atoms with E-state index in [9.17, 15) is 9.90 Å². The summed E-state index contributed by atoms with van der Waals surface area (Å²) in [5.41, 5.74) is 3.80. The van der Waals surface area contributed by atoms with Crippen LogP contribution < -0.4 is 4.90 Å². The van der Waals surface area contributed by atoms with Gasteiger partial charge in [0, 0.05) is 45.0 Å². The molecule has 0 radical (unpaired) electrons. The quantitative estimate of drug-likeness (QED) is 0.914. The number of nitrogens with zero attached hydrogens (tertiary/aromatic N) is 3. The fourth-order valence-corrected chi connectivity index (χ4v) is 4.59. The summed E-state index contributed by atoms with van der Waals surface area (Å²) in [5, 5.41) is 9.40. The largest absolute Gasteiger partial charge is 0.465 e. The summed E-state index contributed by atoms with van der Waals surface area (Å²) in [7, 11) is 1.70. The van der Waals surface area contributed by atoms with Gasteiger partial charge in [0.15, 0.2) is 0 Å². The van der Waals surface area contributed by atoms with Crippen LogP contribution in [0.15, 0.2) is 18.2 Å². The van der Waals surface area contributed by atoms with Crippen molar-refractivity contribution in [2.45, 2.75) is 50.6 Å². The van der Waals surface area contributed by atoms with Crippen LogP contribution in [-0.4, -0.2) is 60.3 Å². The Kier molecular flexibility index (Phi) is 4.59. The van der Waals surface area contributed by atoms with E-state index in [1.165, 1.54) is 41.0 Å². The number of piperazine rings is 1. The Hall–Kier alpha value is -1.75. The summed E-state index contributed by atoms with van der Waals surface area (Å²) in [6.07, 6.45) is 6.37. The lowest BCUT2D eigenvalue weighted by atomic mass is 9.86. The van der Waals surface area contributed by atoms with Crippen molar-refractivity contribution < 1.29 is 9.90 Å². The van der Waals surface area contributed by atoms with Crippen molar-refractivity contribution in [1.82, 2.24) is 9.80 Å². The van der Waals surface area contributed by atoms with Gasteiger partial charge in [-0.1, -0.05) is 12.5 Å². The summed E-state index contributed by atoms with van der Waals surface area (Å²) >= 11 is 0. The molecule has 136 valence electrons. The molecule has 25 heavy (non-hydrogen) atoms. The van der Waals surface area contributed by atoms with Gasteiger partial charge in [-0.2, -0.15) is 0 Å². The minimum Gasteiger partial charge on any atom is -0.465 e. The Morgan fingerprint density at radius 3 is 2.52 bits per heavy atom. The third kappa shape index (κ3) is 3.22. The van der Waals surface area contributed by atoms with Crippen molar-refractivity contribution in [2.24, 2.45) is 0 Å². The third-order valence-electron chi connectivity index (χ3n) is 6.45. The molecule has 1 saturated heterocycles. The van der Waals surface area contributed by atoms with Gasteiger partial charge in [-0.3, -0.25) is 4.90 Å². The number of aryl methyl sites for hydroxylation is 1. The molecule has 1 unspecified atom stereocenters. The van der Waals surface area contributed by atoms with E-state index in [2.05, 4.69) is 28.0 Å². The number of rotatable bonds is 3. The molecule has 5 nitrogen and oxygen atoms in total. The molecule has 3 aliphatic rings. The van der Waals surface area contributed by atoms with Gasteiger partial charge in [-0.15, -0.1) is 0 Å². The highest BCUT2D eigenvalue weighted by Gasteiger charge is 2.30. The Morgan fingerprint density at radius 2 is 1.88 bits per heavy atom. The Morgan fingerprint density at radius 1 is 1.12 bits per heavy atom. The van der Waals surface area contributed by atoms with Crippen molar-refractivity contribution in [3.8, 4) is 0 Å². The zero-order valence-corrected chi connectivity index (χ0v) is 15.2. The van der Waals surface area contributed by atoms with E-state index in [0.29, 0.717) is 0 Å². The first-order valence-electron chi connectivity index (χ1n) is 9.71. The van der Waals surface area contributed by atoms with Crippen LogP contribution in [0.4, 0.5) is 10.5 Å². The third-order valence-corrected chi connectivity index (χ3v) is 6.45. The normalized spacial score (nSPS) is 24.5. The molecule has 0 spiro atoms. The van der Waals surface area contributed by atoms with Gasteiger partial charge in [0.05, 0.1) is 6.04 Å². The summed E-state index contributed by atoms with van der Waals surface area (Å²) in [6.45, 7) is 4.46. The molecule has 1 aliphatic heterocycles. The van der Waals surface area contributed by atoms with E-state index in [1.54, 1.807) is 7.05 Å². The summed E-state index contributed by atoms with van der Waals surface area (Å²) in [6, 6.07) is 7.56. The molecule has 1 saturated carbocycles. The number of fused-ring (bicyclic) bond motifs is 1. The highest BCUT2D eigenvalue weighted by molar-refractivity contribution is 5.66. The topological polar surface area (TPSA) is 47.0 Å². The predicted molar refractivity (Wildman–Crippen MR) is 99.3 cm³/mol. The second kappa shape index (κ2) is 6.87. The maximum atomic E-state index is 11.4. The summed E-state index contributed by atoms with van der Waals surface area (Å²) in [4.78, 5) is 18.0. The maximum Gasteiger partial charge on any atom is 0.407 e. The molecule has 1 atom stereocenters. The van der Waals surface area contributed by atoms with Gasteiger partial charge in [0.1, 0.15) is 0 Å². The number of hydrogen-bond acceptors (Lipinski definition) is 3. The van der Waals surface area contributed by atoms with E-state index in [0.717, 1.165) is 51.5 Å². The van der Waals surface area contributed by atoms with Crippen molar-refractivity contribution in [2.75, 3.05) is 38.1 Å². The lowest BCUT2D eigenvalue weighted by molar-refractivity contribution is 0.120. The van der Waals surface area contributed by atoms with Crippen molar-refractivity contribution in [1.29, 1.82) is 0 Å². The molecule has 1 aromatic carbocycles. The highest BCUT2D eigenvalue weighted by atomic mass is 16.4. The number of anilines is 1. The smallest absolute Gasteiger partial charge is 0.407 e. The first kappa shape index (κ1) is 16.7. The van der Waals surface area contributed by atoms with E-state index in [4.69, 9.17) is 0 Å². The molecule has 5 heteroatoms. The van der Waals surface area contributed by atoms with Crippen molar-refractivity contribution in [3.63, 3.8) is 0 Å². The minimum absolute atomic E-state index is 0.00235. The molecular weight excluding hydrogens is 314 g/mol. The van der Waals surface area contributed by atoms with E-state index in [-0.39, 0.29) is 6.04 Å². The number of amides is 1. The van der Waals surface area contributed by atoms with Gasteiger partial charge in [-0.25, -0.2) is 4.79 Å². The van der Waals surface area contributed by atoms with E-state index < -0.39 is 6.09 Å². The van der Waals surface area contributed by atoms with Gasteiger partial charge >= 0.3 is 6.09 Å². The number of benzene rings is 1. The number of hydrogen-bond donors (Lipinski definition) is 1. The average Bonchev–Trinajstić information content (AvgIpc) is 2.59. The SMILES string of the molecule is CN(C(=O)O)C1CCCc2ccc(N3CCN(C4CCC4)CC3)cc21. The van der Waals surface area contributed by atoms with Gasteiger partial charge < -0.3 is 14.9 Å². The molecule has 0 bridgehead atoms. The molecule has 2 fully saturated rings. The highest BCUT2D eigenvalue weighted by Crippen LogP contribution is 2.36. The molecule has 2 aliphatic carbocycles. The second-order valence-corrected chi connectivity index (χ2v) is 7.79. The van der Waals surface area contributed by atoms with Crippen LogP contribution in [0.2, 0.25) is 0 Å². The maximum absolute atomic E-state index is 11.4. The zero-order valence-electron chi connectivity index (χ0n) is 15.2. The molecule has 1 N–H and O–H groups in total. The summed E-state index contributed by atoms with van der Waals surface area (Å²) in [5.74, 6) is 0. The molecule has 4 rings (SSSR count). The van der Waals surface area contributed by atoms with Crippen LogP contribution in [0.3, 0.4) is 0 Å². The Bertz CT molecular complexity index is 636. The lowest BCUT2D eigenvalue weighted by Gasteiger charge is -2.44. The van der Waals surface area contributed by atoms with Crippen molar-refractivity contribution in [3.05, 3.63) is 29.3 Å². The van der Waals surface area contributed by atoms with Gasteiger partial charge in [-0.05, 0) is 55.4 Å². The first-order chi connectivity index (χ1) is 12.1. The first-order valence-corrected chi connectivity index (χ1v) is 9.71. The monoisotopic (exact) mass is 343 g/mol. The van der Waals surface area contributed by atoms with Gasteiger partial charge in [0.2, 0.25) is 0 Å². The second-order valence-electron chi connectivity index (χ2n) is 7.79. The average molecular weight is 343 g/mol. The number of carboxylic acid groups (broad SMARTS) is 1. The lowest BCUT2D eigenvalue weighted by Crippen LogP contribution is -2.52. The minimum atomic E-state index is -0.836. The van der Waals surface area contributed by atoms with Crippen LogP contribution in [0.5, 0.6) is 0 Å². The van der Waals surface area contributed by atoms with Crippen LogP contribution in [0.25, 0.3) is 0 Å². The Labute approximate surface area is 150 Å². The van der Waals surface area contributed by atoms with E-state index >= 15 is 0 Å². The van der Waals surface area contributed by atoms with Crippen molar-refractivity contribution >= 4 is 11.8 Å². The molecule has 1 aromatic rings. The van der Waals surface area contributed by atoms with Crippen LogP contribution in [-0.2, 0) is 6.42 Å². The predicted octanol–water partition coefficient (Wildman–Crippen LogP) is 3.35. The molecular formula is C20H29N3O2. The van der Waals surface area contributed by atoms with Crippen LogP contribution in [0, 0.1) is 0 Å². The zero-order chi connectivity index (χ0) is 17.4. The van der Waals surface area contributed by atoms with Crippen LogP contribution >= 0.6 is 0 Å². The van der Waals surface area contributed by atoms with Gasteiger partial charge in [0.25, 0.3) is 0 Å². The van der Waals surface area contributed by atoms with Crippen LogP contribution in [0.1, 0.15) is 49.3 Å². The molecule has 1 heterocycles. The Balaban J connectivity index is 1.50. The molecule has 1 amide bonds. The summed E-state index contributed by atoms with van der Waals surface area (Å²) < 4.78 is 0. The van der Waals surface area contributed by atoms with E-state index in [1.807, 2.05) is 0 Å².